The Morgan fingerprint density at radius 3 is 2.70 bits per heavy atom. The number of imidazole rings is 1. The molecule has 0 radical (unpaired) electrons. The molecule has 1 saturated carbocycles. The first-order valence-corrected chi connectivity index (χ1v) is 8.38. The van der Waals surface area contributed by atoms with Gasteiger partial charge in [0.05, 0.1) is 17.1 Å². The molecule has 0 unspecified atom stereocenters. The number of thiol groups is 1. The highest BCUT2D eigenvalue weighted by Gasteiger charge is 2.41. The summed E-state index contributed by atoms with van der Waals surface area (Å²) in [4.78, 5) is 38.5. The topological polar surface area (TPSA) is 104 Å². The van der Waals surface area contributed by atoms with Crippen LogP contribution in [0.15, 0.2) is 11.1 Å². The molecule has 23 heavy (non-hydrogen) atoms. The Morgan fingerprint density at radius 2 is 2.09 bits per heavy atom. The minimum atomic E-state index is -0.569. The van der Waals surface area contributed by atoms with Gasteiger partial charge in [0.2, 0.25) is 5.91 Å². The van der Waals surface area contributed by atoms with Crippen molar-refractivity contribution < 1.29 is 4.79 Å². The minimum absolute atomic E-state index is 0.104. The number of nitrogens with one attached hydrogen (secondary N) is 3. The van der Waals surface area contributed by atoms with E-state index >= 15 is 0 Å². The molecule has 124 valence electrons. The highest BCUT2D eigenvalue weighted by atomic mass is 32.1. The molecule has 1 aliphatic carbocycles. The molecule has 8 heteroatoms. The number of nitrogens with zero attached hydrogens (tertiary/aromatic N) is 2. The monoisotopic (exact) mass is 335 g/mol. The Bertz CT molecular complexity index is 776. The normalized spacial score (nSPS) is 18.4. The van der Waals surface area contributed by atoms with Gasteiger partial charge in [0.1, 0.15) is 5.82 Å². The molecule has 0 aromatic carbocycles. The summed E-state index contributed by atoms with van der Waals surface area (Å²) in [5, 5.41) is 2.74. The van der Waals surface area contributed by atoms with Crippen molar-refractivity contribution in [2.75, 3.05) is 0 Å². The van der Waals surface area contributed by atoms with Crippen molar-refractivity contribution in [2.45, 2.75) is 50.3 Å². The fourth-order valence-electron chi connectivity index (χ4n) is 3.08. The molecule has 3 N–H and O–H groups in total. The van der Waals surface area contributed by atoms with Crippen LogP contribution in [0.25, 0.3) is 11.2 Å². The van der Waals surface area contributed by atoms with Gasteiger partial charge in [-0.15, -0.1) is 0 Å². The lowest BCUT2D eigenvalue weighted by atomic mass is 9.95. The first-order valence-electron chi connectivity index (χ1n) is 7.87. The maximum absolute atomic E-state index is 12.5. The lowest BCUT2D eigenvalue weighted by Gasteiger charge is -2.30. The molecule has 3 rings (SSSR count). The summed E-state index contributed by atoms with van der Waals surface area (Å²) >= 11 is 4.40. The van der Waals surface area contributed by atoms with Gasteiger partial charge in [0.25, 0.3) is 5.56 Å². The zero-order chi connectivity index (χ0) is 16.6. The molecule has 0 saturated heterocycles. The molecule has 7 nitrogen and oxygen atoms in total. The summed E-state index contributed by atoms with van der Waals surface area (Å²) in [5.74, 6) is 0.636. The predicted octanol–water partition coefficient (Wildman–Crippen LogP) is 1.49. The first-order chi connectivity index (χ1) is 10.9. The Labute approximate surface area is 139 Å². The summed E-state index contributed by atoms with van der Waals surface area (Å²) < 4.78 is 0. The Hall–Kier alpha value is -1.83. The largest absolute Gasteiger partial charge is 0.342 e. The Balaban J connectivity index is 1.98. The molecule has 2 aromatic rings. The fraction of sp³-hybridized carbons (Fsp3) is 0.600. The molecule has 1 fully saturated rings. The molecule has 0 aliphatic heterocycles. The second kappa shape index (κ2) is 5.99. The van der Waals surface area contributed by atoms with Gasteiger partial charge in [0.15, 0.2) is 11.2 Å². The molecule has 0 bridgehead atoms. The third-order valence-corrected chi connectivity index (χ3v) is 5.30. The second-order valence-electron chi connectivity index (χ2n) is 6.48. The predicted molar refractivity (Wildman–Crippen MR) is 90.4 cm³/mol. The van der Waals surface area contributed by atoms with Gasteiger partial charge in [-0.3, -0.25) is 9.59 Å². The van der Waals surface area contributed by atoms with Crippen molar-refractivity contribution in [3.05, 3.63) is 22.5 Å². The van der Waals surface area contributed by atoms with Crippen LogP contribution in [0, 0.1) is 5.92 Å². The average Bonchev–Trinajstić information content (AvgIpc) is 3.14. The van der Waals surface area contributed by atoms with Crippen LogP contribution in [0.5, 0.6) is 0 Å². The Morgan fingerprint density at radius 1 is 1.39 bits per heavy atom. The third-order valence-electron chi connectivity index (χ3n) is 4.47. The van der Waals surface area contributed by atoms with Gasteiger partial charge >= 0.3 is 0 Å². The number of carbonyl (C=O) groups excluding carboxylic acids is 1. The molecule has 1 atom stereocenters. The zero-order valence-corrected chi connectivity index (χ0v) is 14.1. The number of aromatic amines is 2. The lowest BCUT2D eigenvalue weighted by Crippen LogP contribution is -2.48. The van der Waals surface area contributed by atoms with E-state index in [9.17, 15) is 9.59 Å². The third kappa shape index (κ3) is 2.87. The second-order valence-corrected chi connectivity index (χ2v) is 7.04. The fourth-order valence-corrected chi connectivity index (χ4v) is 3.14. The standard InChI is InChI=1S/C15H21N5O2S/c1-8(2)10(23)13(22)20-15(5-3-4-6-15)14-18-9-11(19-14)16-7-17-12(9)21/h7-8,10,23H,3-6H2,1-2H3,(H,20,22)(H2,16,17,18,19,21)/t10-/m0/s1. The van der Waals surface area contributed by atoms with Gasteiger partial charge in [-0.1, -0.05) is 26.7 Å². The van der Waals surface area contributed by atoms with Crippen molar-refractivity contribution in [1.82, 2.24) is 25.3 Å². The van der Waals surface area contributed by atoms with E-state index in [1.807, 2.05) is 13.8 Å². The lowest BCUT2D eigenvalue weighted by molar-refractivity contribution is -0.123. The van der Waals surface area contributed by atoms with Crippen LogP contribution in [0.1, 0.15) is 45.4 Å². The molecular weight excluding hydrogens is 314 g/mol. The summed E-state index contributed by atoms with van der Waals surface area (Å²) in [6.45, 7) is 3.92. The van der Waals surface area contributed by atoms with Crippen LogP contribution < -0.4 is 10.9 Å². The van der Waals surface area contributed by atoms with Crippen LogP contribution in [0.3, 0.4) is 0 Å². The molecular formula is C15H21N5O2S. The van der Waals surface area contributed by atoms with Crippen molar-refractivity contribution in [3.63, 3.8) is 0 Å². The number of amides is 1. The van der Waals surface area contributed by atoms with Crippen LogP contribution in [-0.4, -0.2) is 31.1 Å². The number of hydrogen-bond acceptors (Lipinski definition) is 5. The number of rotatable bonds is 4. The smallest absolute Gasteiger partial charge is 0.276 e. The minimum Gasteiger partial charge on any atom is -0.342 e. The summed E-state index contributed by atoms with van der Waals surface area (Å²) in [7, 11) is 0. The van der Waals surface area contributed by atoms with Crippen LogP contribution in [0.2, 0.25) is 0 Å². The van der Waals surface area contributed by atoms with Gasteiger partial charge in [-0.05, 0) is 18.8 Å². The maximum Gasteiger partial charge on any atom is 0.276 e. The van der Waals surface area contributed by atoms with Gasteiger partial charge in [-0.2, -0.15) is 12.6 Å². The van der Waals surface area contributed by atoms with Gasteiger partial charge < -0.3 is 15.3 Å². The van der Waals surface area contributed by atoms with Gasteiger partial charge in [0, 0.05) is 0 Å². The van der Waals surface area contributed by atoms with Crippen molar-refractivity contribution >= 4 is 29.7 Å². The van der Waals surface area contributed by atoms with Crippen molar-refractivity contribution in [3.8, 4) is 0 Å². The first kappa shape index (κ1) is 16.0. The maximum atomic E-state index is 12.5. The van der Waals surface area contributed by atoms with Crippen LogP contribution in [-0.2, 0) is 10.3 Å². The van der Waals surface area contributed by atoms with E-state index in [1.54, 1.807) is 0 Å². The molecule has 2 heterocycles. The SMILES string of the molecule is CC(C)[C@H](S)C(=O)NC1(c2nc3nc[nH]c(=O)c3[nH]2)CCCC1. The summed E-state index contributed by atoms with van der Waals surface area (Å²) in [5.41, 5.74) is -0.118. The van der Waals surface area contributed by atoms with Crippen LogP contribution in [0.4, 0.5) is 0 Å². The highest BCUT2D eigenvalue weighted by molar-refractivity contribution is 7.81. The number of H-pyrrole nitrogens is 2. The number of hydrogen-bond donors (Lipinski definition) is 4. The average molecular weight is 335 g/mol. The molecule has 2 aromatic heterocycles. The van der Waals surface area contributed by atoms with E-state index in [2.05, 4.69) is 37.9 Å². The van der Waals surface area contributed by atoms with Crippen molar-refractivity contribution in [2.24, 2.45) is 5.92 Å². The van der Waals surface area contributed by atoms with E-state index in [0.717, 1.165) is 25.7 Å². The number of aromatic nitrogens is 4. The summed E-state index contributed by atoms with van der Waals surface area (Å²) in [6, 6.07) is 0. The quantitative estimate of drug-likeness (QED) is 0.635. The number of carbonyl (C=O) groups is 1. The van der Waals surface area contributed by atoms with E-state index < -0.39 is 5.54 Å². The molecule has 1 aliphatic rings. The van der Waals surface area contributed by atoms with E-state index in [-0.39, 0.29) is 22.6 Å². The Kier molecular flexibility index (Phi) is 4.18. The summed E-state index contributed by atoms with van der Waals surface area (Å²) in [6.07, 6.45) is 4.90. The number of fused-ring (bicyclic) bond motifs is 1. The van der Waals surface area contributed by atoms with E-state index in [4.69, 9.17) is 0 Å². The highest BCUT2D eigenvalue weighted by Crippen LogP contribution is 2.38. The van der Waals surface area contributed by atoms with Crippen molar-refractivity contribution in [1.29, 1.82) is 0 Å². The van der Waals surface area contributed by atoms with E-state index in [1.165, 1.54) is 6.33 Å². The van der Waals surface area contributed by atoms with Crippen LogP contribution >= 0.6 is 12.6 Å². The van der Waals surface area contributed by atoms with Gasteiger partial charge in [-0.25, -0.2) is 9.97 Å². The molecule has 1 amide bonds. The zero-order valence-electron chi connectivity index (χ0n) is 13.2. The van der Waals surface area contributed by atoms with E-state index in [0.29, 0.717) is 17.0 Å². The molecule has 0 spiro atoms.